The summed E-state index contributed by atoms with van der Waals surface area (Å²) in [7, 11) is 1.60. The highest BCUT2D eigenvalue weighted by Gasteiger charge is 1.79. The Bertz CT molecular complexity index is 104. The van der Waals surface area contributed by atoms with E-state index >= 15 is 0 Å². The largest absolute Gasteiger partial charge is 0.172 e. The second-order valence-corrected chi connectivity index (χ2v) is 1.48. The van der Waals surface area contributed by atoms with Crippen molar-refractivity contribution >= 4 is 5.71 Å². The van der Waals surface area contributed by atoms with Crippen LogP contribution >= 0.6 is 0 Å². The van der Waals surface area contributed by atoms with Crippen molar-refractivity contribution in [3.63, 3.8) is 0 Å². The predicted octanol–water partition coefficient (Wildman–Crippen LogP) is 1.85. The molecule has 0 aromatic carbocycles. The fraction of sp³-hybridized carbons (Fsp3) is 0.800. The standard InChI is InChI=1S/C5H11N3/c1-4-5(2)7-8-6-3/h4H2,1-3H3/b7-5+,8-6-. The highest BCUT2D eigenvalue weighted by Crippen LogP contribution is 1.84. The number of rotatable bonds is 2. The van der Waals surface area contributed by atoms with Gasteiger partial charge in [-0.1, -0.05) is 12.1 Å². The molecular formula is C5H11N3. The van der Waals surface area contributed by atoms with E-state index in [1.165, 1.54) is 0 Å². The van der Waals surface area contributed by atoms with E-state index in [2.05, 4.69) is 15.4 Å². The maximum Gasteiger partial charge on any atom is 0.0509 e. The van der Waals surface area contributed by atoms with Gasteiger partial charge in [0, 0.05) is 5.71 Å². The molecule has 0 rings (SSSR count). The molecule has 0 saturated carbocycles. The molecule has 0 fully saturated rings. The first kappa shape index (κ1) is 7.27. The molecule has 0 aromatic rings. The van der Waals surface area contributed by atoms with E-state index in [1.54, 1.807) is 7.05 Å². The molecule has 0 aliphatic rings. The van der Waals surface area contributed by atoms with Gasteiger partial charge >= 0.3 is 0 Å². The van der Waals surface area contributed by atoms with Crippen molar-refractivity contribution in [2.24, 2.45) is 15.4 Å². The minimum atomic E-state index is 0.943. The molecule has 0 atom stereocenters. The molecule has 0 aliphatic heterocycles. The molecule has 0 saturated heterocycles. The van der Waals surface area contributed by atoms with E-state index in [4.69, 9.17) is 0 Å². The van der Waals surface area contributed by atoms with Gasteiger partial charge in [-0.05, 0) is 13.3 Å². The van der Waals surface area contributed by atoms with Crippen LogP contribution in [0.25, 0.3) is 0 Å². The quantitative estimate of drug-likeness (QED) is 0.298. The van der Waals surface area contributed by atoms with Crippen LogP contribution in [0.4, 0.5) is 0 Å². The lowest BCUT2D eigenvalue weighted by Crippen LogP contribution is -1.82. The molecule has 0 aliphatic carbocycles. The van der Waals surface area contributed by atoms with E-state index < -0.39 is 0 Å². The highest BCUT2D eigenvalue weighted by atomic mass is 15.4. The molecule has 0 bridgehead atoms. The van der Waals surface area contributed by atoms with E-state index in [-0.39, 0.29) is 0 Å². The molecule has 0 heterocycles. The van der Waals surface area contributed by atoms with Gasteiger partial charge in [-0.3, -0.25) is 0 Å². The van der Waals surface area contributed by atoms with Gasteiger partial charge in [-0.2, -0.15) is 5.11 Å². The van der Waals surface area contributed by atoms with Crippen molar-refractivity contribution in [3.8, 4) is 0 Å². The van der Waals surface area contributed by atoms with E-state index in [0.29, 0.717) is 0 Å². The Labute approximate surface area is 49.5 Å². The lowest BCUT2D eigenvalue weighted by Gasteiger charge is -1.83. The predicted molar refractivity (Wildman–Crippen MR) is 34.2 cm³/mol. The summed E-state index contributed by atoms with van der Waals surface area (Å²) in [4.78, 5) is 0. The summed E-state index contributed by atoms with van der Waals surface area (Å²) in [5.41, 5.74) is 1.01. The molecule has 0 spiro atoms. The lowest BCUT2D eigenvalue weighted by atomic mass is 10.3. The van der Waals surface area contributed by atoms with Crippen molar-refractivity contribution in [2.75, 3.05) is 7.05 Å². The van der Waals surface area contributed by atoms with Gasteiger partial charge < -0.3 is 0 Å². The molecule has 0 aromatic heterocycles. The second-order valence-electron chi connectivity index (χ2n) is 1.48. The Kier molecular flexibility index (Phi) is 4.03. The smallest absolute Gasteiger partial charge is 0.0509 e. The van der Waals surface area contributed by atoms with E-state index in [1.807, 2.05) is 13.8 Å². The summed E-state index contributed by atoms with van der Waals surface area (Å²) in [6.45, 7) is 3.96. The minimum absolute atomic E-state index is 0.943. The summed E-state index contributed by atoms with van der Waals surface area (Å²) in [5, 5.41) is 10.7. The van der Waals surface area contributed by atoms with Crippen molar-refractivity contribution in [1.82, 2.24) is 0 Å². The van der Waals surface area contributed by atoms with Crippen LogP contribution in [0.15, 0.2) is 15.4 Å². The zero-order valence-electron chi connectivity index (χ0n) is 5.55. The Balaban J connectivity index is 3.57. The molecular weight excluding hydrogens is 102 g/mol. The average Bonchev–Trinajstić information content (AvgIpc) is 1.83. The maximum absolute atomic E-state index is 3.74. The first-order valence-electron chi connectivity index (χ1n) is 2.63. The van der Waals surface area contributed by atoms with Crippen LogP contribution in [0.2, 0.25) is 0 Å². The van der Waals surface area contributed by atoms with Crippen molar-refractivity contribution in [1.29, 1.82) is 0 Å². The van der Waals surface area contributed by atoms with Crippen LogP contribution in [-0.4, -0.2) is 12.8 Å². The van der Waals surface area contributed by atoms with Crippen molar-refractivity contribution < 1.29 is 0 Å². The van der Waals surface area contributed by atoms with Gasteiger partial charge in [-0.25, -0.2) is 0 Å². The monoisotopic (exact) mass is 113 g/mol. The number of nitrogens with zero attached hydrogens (tertiary/aromatic N) is 3. The number of hydrogen-bond donors (Lipinski definition) is 0. The first-order chi connectivity index (χ1) is 3.81. The Hall–Kier alpha value is -0.730. The molecule has 0 unspecified atom stereocenters. The van der Waals surface area contributed by atoms with Crippen LogP contribution in [0.1, 0.15) is 20.3 Å². The third kappa shape index (κ3) is 3.46. The second kappa shape index (κ2) is 4.43. The summed E-state index contributed by atoms with van der Waals surface area (Å²) in [6, 6.07) is 0. The summed E-state index contributed by atoms with van der Waals surface area (Å²) < 4.78 is 0. The third-order valence-corrected chi connectivity index (χ3v) is 0.817. The van der Waals surface area contributed by atoms with Gasteiger partial charge in [0.05, 0.1) is 7.05 Å². The highest BCUT2D eigenvalue weighted by molar-refractivity contribution is 5.81. The molecule has 8 heavy (non-hydrogen) atoms. The molecule has 0 amide bonds. The maximum atomic E-state index is 3.74. The molecule has 0 N–H and O–H groups in total. The van der Waals surface area contributed by atoms with Gasteiger partial charge in [0.2, 0.25) is 0 Å². The molecule has 3 heteroatoms. The van der Waals surface area contributed by atoms with Gasteiger partial charge in [0.25, 0.3) is 0 Å². The Morgan fingerprint density at radius 1 is 1.50 bits per heavy atom. The lowest BCUT2D eigenvalue weighted by molar-refractivity contribution is 1.00. The van der Waals surface area contributed by atoms with E-state index in [9.17, 15) is 0 Å². The topological polar surface area (TPSA) is 37.1 Å². The fourth-order valence-corrected chi connectivity index (χ4v) is 0.192. The van der Waals surface area contributed by atoms with Gasteiger partial charge in [0.15, 0.2) is 0 Å². The van der Waals surface area contributed by atoms with Crippen LogP contribution in [0.3, 0.4) is 0 Å². The van der Waals surface area contributed by atoms with E-state index in [0.717, 1.165) is 12.1 Å². The van der Waals surface area contributed by atoms with Crippen molar-refractivity contribution in [2.45, 2.75) is 20.3 Å². The molecule has 0 radical (unpaired) electrons. The van der Waals surface area contributed by atoms with Gasteiger partial charge in [-0.15, -0.1) is 5.10 Å². The number of hydrogen-bond acceptors (Lipinski definition) is 2. The minimum Gasteiger partial charge on any atom is -0.172 e. The van der Waals surface area contributed by atoms with Gasteiger partial charge in [0.1, 0.15) is 0 Å². The zero-order valence-corrected chi connectivity index (χ0v) is 5.55. The third-order valence-electron chi connectivity index (χ3n) is 0.817. The Morgan fingerprint density at radius 2 is 2.12 bits per heavy atom. The van der Waals surface area contributed by atoms with Crippen LogP contribution in [0.5, 0.6) is 0 Å². The molecule has 46 valence electrons. The summed E-state index contributed by atoms with van der Waals surface area (Å²) in [6.07, 6.45) is 0.943. The summed E-state index contributed by atoms with van der Waals surface area (Å²) >= 11 is 0. The zero-order chi connectivity index (χ0) is 6.41. The average molecular weight is 113 g/mol. The normalized spacial score (nSPS) is 13.1. The van der Waals surface area contributed by atoms with Crippen LogP contribution < -0.4 is 0 Å². The molecule has 3 nitrogen and oxygen atoms in total. The SMILES string of the molecule is CC/C(C)=N/N=N\C. The first-order valence-corrected chi connectivity index (χ1v) is 2.63. The van der Waals surface area contributed by atoms with Crippen LogP contribution in [-0.2, 0) is 0 Å². The fourth-order valence-electron chi connectivity index (χ4n) is 0.192. The van der Waals surface area contributed by atoms with Crippen molar-refractivity contribution in [3.05, 3.63) is 0 Å². The Morgan fingerprint density at radius 3 is 2.50 bits per heavy atom. The van der Waals surface area contributed by atoms with Crippen LogP contribution in [0, 0.1) is 0 Å². The summed E-state index contributed by atoms with van der Waals surface area (Å²) in [5.74, 6) is 0.